The molecule has 0 aromatic heterocycles. The van der Waals surface area contributed by atoms with Gasteiger partial charge in [-0.05, 0) is 23.8 Å². The predicted octanol–water partition coefficient (Wildman–Crippen LogP) is 3.74. The topological polar surface area (TPSA) is 59.0 Å². The molecule has 2 aromatic carbocycles. The number of anilines is 1. The molecule has 5 nitrogen and oxygen atoms in total. The van der Waals surface area contributed by atoms with Gasteiger partial charge in [-0.15, -0.1) is 11.6 Å². The summed E-state index contributed by atoms with van der Waals surface area (Å²) in [6, 6.07) is 11.3. The van der Waals surface area contributed by atoms with Gasteiger partial charge in [0.2, 0.25) is 0 Å². The van der Waals surface area contributed by atoms with E-state index in [1.807, 2.05) is 0 Å². The van der Waals surface area contributed by atoms with Crippen LogP contribution in [0.4, 0.5) is 18.9 Å². The van der Waals surface area contributed by atoms with E-state index in [-0.39, 0.29) is 12.3 Å². The molecule has 3 rings (SSSR count). The van der Waals surface area contributed by atoms with Crippen molar-refractivity contribution in [2.75, 3.05) is 10.8 Å². The van der Waals surface area contributed by atoms with Crippen molar-refractivity contribution in [2.24, 2.45) is 5.16 Å². The van der Waals surface area contributed by atoms with E-state index in [0.717, 1.165) is 12.1 Å². The van der Waals surface area contributed by atoms with Gasteiger partial charge in [-0.25, -0.2) is 4.79 Å². The number of fused-ring (bicyclic) bond motifs is 1. The van der Waals surface area contributed by atoms with E-state index in [9.17, 15) is 22.8 Å². The van der Waals surface area contributed by atoms with Crippen LogP contribution in [-0.2, 0) is 27.1 Å². The SMILES string of the molecule is O=C(CCl)O/N=C1\C(=O)N(Cc2cccc(C(F)(F)F)c2)c2ccccc21. The molecule has 0 bridgehead atoms. The minimum atomic E-state index is -4.48. The van der Waals surface area contributed by atoms with Gasteiger partial charge < -0.3 is 9.74 Å². The van der Waals surface area contributed by atoms with Gasteiger partial charge in [0.05, 0.1) is 17.8 Å². The first-order valence-corrected chi connectivity index (χ1v) is 8.26. The average Bonchev–Trinajstić information content (AvgIpc) is 2.91. The van der Waals surface area contributed by atoms with E-state index < -0.39 is 29.5 Å². The fraction of sp³-hybridized carbons (Fsp3) is 0.167. The first-order valence-electron chi connectivity index (χ1n) is 7.72. The Bertz CT molecular complexity index is 928. The third-order valence-electron chi connectivity index (χ3n) is 3.84. The standard InChI is InChI=1S/C18H12ClF3N2O3/c19-9-15(25)27-23-16-13-6-1-2-7-14(13)24(17(16)26)10-11-4-3-5-12(8-11)18(20,21)22/h1-8H,9-10H2/b23-16-. The fourth-order valence-electron chi connectivity index (χ4n) is 2.66. The summed E-state index contributed by atoms with van der Waals surface area (Å²) in [5, 5.41) is 3.58. The fourth-order valence-corrected chi connectivity index (χ4v) is 2.71. The highest BCUT2D eigenvalue weighted by Crippen LogP contribution is 2.33. The van der Waals surface area contributed by atoms with E-state index in [1.54, 1.807) is 24.3 Å². The van der Waals surface area contributed by atoms with Gasteiger partial charge in [0, 0.05) is 5.56 Å². The van der Waals surface area contributed by atoms with Gasteiger partial charge in [0.15, 0.2) is 5.71 Å². The highest BCUT2D eigenvalue weighted by atomic mass is 35.5. The minimum absolute atomic E-state index is 0.0950. The van der Waals surface area contributed by atoms with Crippen LogP contribution in [0.15, 0.2) is 53.7 Å². The molecule has 0 spiro atoms. The molecule has 1 aliphatic heterocycles. The second-order valence-corrected chi connectivity index (χ2v) is 5.91. The highest BCUT2D eigenvalue weighted by molar-refractivity contribution is 6.54. The molecule has 0 aliphatic carbocycles. The summed E-state index contributed by atoms with van der Waals surface area (Å²) >= 11 is 5.33. The molecule has 140 valence electrons. The molecule has 9 heteroatoms. The van der Waals surface area contributed by atoms with E-state index in [1.165, 1.54) is 17.0 Å². The van der Waals surface area contributed by atoms with Gasteiger partial charge >= 0.3 is 12.1 Å². The molecule has 0 fully saturated rings. The normalized spacial score (nSPS) is 15.2. The molecule has 0 N–H and O–H groups in total. The van der Waals surface area contributed by atoms with Crippen LogP contribution >= 0.6 is 11.6 Å². The van der Waals surface area contributed by atoms with Crippen molar-refractivity contribution in [3.63, 3.8) is 0 Å². The second kappa shape index (κ2) is 7.40. The molecule has 0 unspecified atom stereocenters. The lowest BCUT2D eigenvalue weighted by atomic mass is 10.1. The smallest absolute Gasteiger partial charge is 0.316 e. The van der Waals surface area contributed by atoms with E-state index in [2.05, 4.69) is 9.99 Å². The van der Waals surface area contributed by atoms with E-state index in [0.29, 0.717) is 16.8 Å². The molecule has 0 radical (unpaired) electrons. The molecule has 0 saturated carbocycles. The number of hydrogen-bond donors (Lipinski definition) is 0. The van der Waals surface area contributed by atoms with Crippen molar-refractivity contribution >= 4 is 34.9 Å². The Hall–Kier alpha value is -2.87. The molecule has 1 heterocycles. The lowest BCUT2D eigenvalue weighted by molar-refractivity contribution is -0.140. The summed E-state index contributed by atoms with van der Waals surface area (Å²) in [5.41, 5.74) is 0.255. The minimum Gasteiger partial charge on any atom is -0.316 e. The summed E-state index contributed by atoms with van der Waals surface area (Å²) in [6.07, 6.45) is -4.48. The number of benzene rings is 2. The molecule has 27 heavy (non-hydrogen) atoms. The number of para-hydroxylation sites is 1. The Labute approximate surface area is 157 Å². The Morgan fingerprint density at radius 2 is 1.89 bits per heavy atom. The molecular formula is C18H12ClF3N2O3. The Morgan fingerprint density at radius 3 is 2.59 bits per heavy atom. The number of oxime groups is 1. The number of amides is 1. The third kappa shape index (κ3) is 3.95. The number of carbonyl (C=O) groups is 2. The number of nitrogens with zero attached hydrogens (tertiary/aromatic N) is 2. The van der Waals surface area contributed by atoms with Gasteiger partial charge in [-0.2, -0.15) is 13.2 Å². The first kappa shape index (κ1) is 18.9. The molecule has 0 saturated heterocycles. The lowest BCUT2D eigenvalue weighted by Crippen LogP contribution is -2.30. The van der Waals surface area contributed by atoms with Crippen LogP contribution in [0.2, 0.25) is 0 Å². The monoisotopic (exact) mass is 396 g/mol. The summed E-state index contributed by atoms with van der Waals surface area (Å²) < 4.78 is 38.7. The van der Waals surface area contributed by atoms with Crippen LogP contribution in [-0.4, -0.2) is 23.5 Å². The summed E-state index contributed by atoms with van der Waals surface area (Å²) in [5.74, 6) is -1.85. The molecule has 1 aliphatic rings. The number of hydrogen-bond acceptors (Lipinski definition) is 4. The van der Waals surface area contributed by atoms with Crippen LogP contribution in [0.25, 0.3) is 0 Å². The number of halogens is 4. The predicted molar refractivity (Wildman–Crippen MR) is 92.4 cm³/mol. The maximum Gasteiger partial charge on any atom is 0.416 e. The van der Waals surface area contributed by atoms with Crippen LogP contribution in [0.5, 0.6) is 0 Å². The molecule has 0 atom stereocenters. The van der Waals surface area contributed by atoms with Crippen LogP contribution in [0.1, 0.15) is 16.7 Å². The van der Waals surface area contributed by atoms with Gasteiger partial charge in [0.1, 0.15) is 5.88 Å². The zero-order valence-electron chi connectivity index (χ0n) is 13.7. The number of rotatable bonds is 4. The summed E-state index contributed by atoms with van der Waals surface area (Å²) in [6.45, 7) is -0.0950. The Balaban J connectivity index is 1.93. The number of carbonyl (C=O) groups excluding carboxylic acids is 2. The second-order valence-electron chi connectivity index (χ2n) is 5.64. The maximum atomic E-state index is 12.9. The molecular weight excluding hydrogens is 385 g/mol. The highest BCUT2D eigenvalue weighted by Gasteiger charge is 2.35. The Kier molecular flexibility index (Phi) is 5.18. The van der Waals surface area contributed by atoms with Crippen molar-refractivity contribution in [2.45, 2.75) is 12.7 Å². The number of alkyl halides is 4. The van der Waals surface area contributed by atoms with Crippen molar-refractivity contribution in [1.82, 2.24) is 0 Å². The van der Waals surface area contributed by atoms with Crippen molar-refractivity contribution in [1.29, 1.82) is 0 Å². The van der Waals surface area contributed by atoms with Crippen molar-refractivity contribution < 1.29 is 27.6 Å². The van der Waals surface area contributed by atoms with Crippen LogP contribution in [0.3, 0.4) is 0 Å². The quantitative estimate of drug-likeness (QED) is 0.449. The van der Waals surface area contributed by atoms with Gasteiger partial charge in [-0.1, -0.05) is 35.5 Å². The zero-order chi connectivity index (χ0) is 19.6. The van der Waals surface area contributed by atoms with Gasteiger partial charge in [0.25, 0.3) is 5.91 Å². The molecule has 2 aromatic rings. The summed E-state index contributed by atoms with van der Waals surface area (Å²) in [7, 11) is 0. The Morgan fingerprint density at radius 1 is 1.15 bits per heavy atom. The first-order chi connectivity index (χ1) is 12.8. The van der Waals surface area contributed by atoms with Gasteiger partial charge in [-0.3, -0.25) is 4.79 Å². The molecule has 1 amide bonds. The zero-order valence-corrected chi connectivity index (χ0v) is 14.4. The average molecular weight is 397 g/mol. The summed E-state index contributed by atoms with van der Waals surface area (Å²) in [4.78, 5) is 29.8. The van der Waals surface area contributed by atoms with Crippen LogP contribution < -0.4 is 4.90 Å². The van der Waals surface area contributed by atoms with Crippen LogP contribution in [0, 0.1) is 0 Å². The van der Waals surface area contributed by atoms with Crippen molar-refractivity contribution in [3.05, 3.63) is 65.2 Å². The lowest BCUT2D eigenvalue weighted by Gasteiger charge is -2.17. The van der Waals surface area contributed by atoms with E-state index >= 15 is 0 Å². The van der Waals surface area contributed by atoms with E-state index in [4.69, 9.17) is 11.6 Å². The maximum absolute atomic E-state index is 12.9. The van der Waals surface area contributed by atoms with Crippen molar-refractivity contribution in [3.8, 4) is 0 Å². The third-order valence-corrected chi connectivity index (χ3v) is 4.06. The largest absolute Gasteiger partial charge is 0.416 e.